The molecule has 30 heavy (non-hydrogen) atoms. The highest BCUT2D eigenvalue weighted by Gasteiger charge is 2.25. The van der Waals surface area contributed by atoms with Crippen molar-refractivity contribution in [2.75, 3.05) is 13.6 Å². The zero-order valence-electron chi connectivity index (χ0n) is 17.0. The molecule has 2 aromatic carbocycles. The molecule has 0 spiro atoms. The van der Waals surface area contributed by atoms with Gasteiger partial charge in [-0.1, -0.05) is 55.5 Å². The van der Waals surface area contributed by atoms with Crippen LogP contribution in [0.5, 0.6) is 5.75 Å². The molecule has 7 heteroatoms. The number of benzene rings is 2. The third-order valence-corrected chi connectivity index (χ3v) is 4.61. The Bertz CT molecular complexity index is 957. The number of para-hydroxylation sites is 1. The van der Waals surface area contributed by atoms with Crippen molar-refractivity contribution in [3.05, 3.63) is 89.9 Å². The average Bonchev–Trinajstić information content (AvgIpc) is 3.27. The molecule has 156 valence electrons. The largest absolute Gasteiger partial charge is 0.486 e. The van der Waals surface area contributed by atoms with Gasteiger partial charge in [-0.15, -0.1) is 0 Å². The standard InChI is InChI=1S/C23H25N3O4/c1-3-26(2)21(17-10-6-4-7-11-17)23(28)25-24-22(27)20-15-14-19(30-20)16-29-18-12-8-5-9-13-18/h4-15,21H,3,16H2,1-2H3,(H,24,27)(H,25,28). The summed E-state index contributed by atoms with van der Waals surface area (Å²) in [6.07, 6.45) is 0. The third-order valence-electron chi connectivity index (χ3n) is 4.61. The van der Waals surface area contributed by atoms with E-state index in [1.165, 1.54) is 6.07 Å². The van der Waals surface area contributed by atoms with Crippen LogP contribution in [-0.2, 0) is 11.4 Å². The second-order valence-corrected chi connectivity index (χ2v) is 6.70. The predicted molar refractivity (Wildman–Crippen MR) is 113 cm³/mol. The minimum absolute atomic E-state index is 0.0852. The Morgan fingerprint density at radius 3 is 2.30 bits per heavy atom. The highest BCUT2D eigenvalue weighted by Crippen LogP contribution is 2.19. The summed E-state index contributed by atoms with van der Waals surface area (Å²) in [5, 5.41) is 0. The average molecular weight is 407 g/mol. The third kappa shape index (κ3) is 5.48. The van der Waals surface area contributed by atoms with E-state index in [1.807, 2.05) is 79.5 Å². The lowest BCUT2D eigenvalue weighted by molar-refractivity contribution is -0.127. The molecule has 2 N–H and O–H groups in total. The summed E-state index contributed by atoms with van der Waals surface area (Å²) in [7, 11) is 1.85. The van der Waals surface area contributed by atoms with E-state index in [2.05, 4.69) is 10.9 Å². The van der Waals surface area contributed by atoms with Crippen molar-refractivity contribution in [1.82, 2.24) is 15.8 Å². The molecule has 1 aromatic heterocycles. The number of likely N-dealkylation sites (N-methyl/N-ethyl adjacent to an activating group) is 1. The Morgan fingerprint density at radius 2 is 1.63 bits per heavy atom. The molecule has 7 nitrogen and oxygen atoms in total. The van der Waals surface area contributed by atoms with E-state index in [0.717, 1.165) is 5.56 Å². The Hall–Kier alpha value is -3.58. The molecule has 3 rings (SSSR count). The Balaban J connectivity index is 1.56. The zero-order chi connectivity index (χ0) is 21.3. The van der Waals surface area contributed by atoms with Crippen molar-refractivity contribution in [3.8, 4) is 5.75 Å². The number of hydrogen-bond acceptors (Lipinski definition) is 5. The van der Waals surface area contributed by atoms with E-state index >= 15 is 0 Å². The lowest BCUT2D eigenvalue weighted by Gasteiger charge is -2.26. The number of hydrazine groups is 1. The van der Waals surface area contributed by atoms with E-state index in [9.17, 15) is 9.59 Å². The summed E-state index contributed by atoms with van der Waals surface area (Å²) in [5.74, 6) is 0.419. The molecule has 0 bridgehead atoms. The maximum absolute atomic E-state index is 12.7. The fourth-order valence-electron chi connectivity index (χ4n) is 2.92. The van der Waals surface area contributed by atoms with Crippen LogP contribution in [0.4, 0.5) is 0 Å². The van der Waals surface area contributed by atoms with Crippen LogP contribution in [0, 0.1) is 0 Å². The second-order valence-electron chi connectivity index (χ2n) is 6.70. The SMILES string of the molecule is CCN(C)C(C(=O)NNC(=O)c1ccc(COc2ccccc2)o1)c1ccccc1. The van der Waals surface area contributed by atoms with Gasteiger partial charge in [0, 0.05) is 0 Å². The first-order valence-electron chi connectivity index (χ1n) is 9.70. The first-order chi connectivity index (χ1) is 14.6. The topological polar surface area (TPSA) is 83.8 Å². The fraction of sp³-hybridized carbons (Fsp3) is 0.217. The molecule has 0 saturated heterocycles. The molecular formula is C23H25N3O4. The highest BCUT2D eigenvalue weighted by molar-refractivity contribution is 5.93. The normalized spacial score (nSPS) is 11.7. The van der Waals surface area contributed by atoms with Gasteiger partial charge in [-0.3, -0.25) is 25.3 Å². The van der Waals surface area contributed by atoms with Crippen molar-refractivity contribution < 1.29 is 18.7 Å². The lowest BCUT2D eigenvalue weighted by Crippen LogP contribution is -2.47. The summed E-state index contributed by atoms with van der Waals surface area (Å²) in [6.45, 7) is 2.83. The van der Waals surface area contributed by atoms with Crippen molar-refractivity contribution in [2.24, 2.45) is 0 Å². The van der Waals surface area contributed by atoms with Crippen LogP contribution < -0.4 is 15.6 Å². The van der Waals surface area contributed by atoms with Gasteiger partial charge in [-0.2, -0.15) is 0 Å². The van der Waals surface area contributed by atoms with Gasteiger partial charge in [0.05, 0.1) is 0 Å². The van der Waals surface area contributed by atoms with Crippen LogP contribution in [0.2, 0.25) is 0 Å². The van der Waals surface area contributed by atoms with Gasteiger partial charge in [-0.25, -0.2) is 0 Å². The van der Waals surface area contributed by atoms with E-state index < -0.39 is 11.9 Å². The fourth-order valence-corrected chi connectivity index (χ4v) is 2.92. The van der Waals surface area contributed by atoms with Crippen LogP contribution >= 0.6 is 0 Å². The van der Waals surface area contributed by atoms with Gasteiger partial charge < -0.3 is 9.15 Å². The molecule has 0 aliphatic rings. The summed E-state index contributed by atoms with van der Waals surface area (Å²) >= 11 is 0. The van der Waals surface area contributed by atoms with Crippen molar-refractivity contribution in [3.63, 3.8) is 0 Å². The predicted octanol–water partition coefficient (Wildman–Crippen LogP) is 3.31. The van der Waals surface area contributed by atoms with Crippen LogP contribution in [-0.4, -0.2) is 30.3 Å². The minimum Gasteiger partial charge on any atom is -0.486 e. The van der Waals surface area contributed by atoms with Crippen LogP contribution in [0.1, 0.15) is 34.8 Å². The van der Waals surface area contributed by atoms with Gasteiger partial charge >= 0.3 is 5.91 Å². The monoisotopic (exact) mass is 407 g/mol. The van der Waals surface area contributed by atoms with Gasteiger partial charge in [0.2, 0.25) is 0 Å². The van der Waals surface area contributed by atoms with Crippen molar-refractivity contribution in [1.29, 1.82) is 0 Å². The van der Waals surface area contributed by atoms with Gasteiger partial charge in [0.1, 0.15) is 24.2 Å². The Morgan fingerprint density at radius 1 is 0.967 bits per heavy atom. The number of nitrogens with zero attached hydrogens (tertiary/aromatic N) is 1. The van der Waals surface area contributed by atoms with Gasteiger partial charge in [0.15, 0.2) is 5.76 Å². The van der Waals surface area contributed by atoms with E-state index in [1.54, 1.807) is 6.07 Å². The van der Waals surface area contributed by atoms with Crippen molar-refractivity contribution in [2.45, 2.75) is 19.6 Å². The van der Waals surface area contributed by atoms with E-state index in [0.29, 0.717) is 18.1 Å². The number of carbonyl (C=O) groups is 2. The second kappa shape index (κ2) is 10.3. The number of nitrogens with one attached hydrogen (secondary N) is 2. The number of hydrogen-bond donors (Lipinski definition) is 2. The van der Waals surface area contributed by atoms with Crippen LogP contribution in [0.15, 0.2) is 77.2 Å². The number of ether oxygens (including phenoxy) is 1. The quantitative estimate of drug-likeness (QED) is 0.560. The van der Waals surface area contributed by atoms with E-state index in [-0.39, 0.29) is 18.3 Å². The molecule has 1 atom stereocenters. The minimum atomic E-state index is -0.541. The molecule has 3 aromatic rings. The highest BCUT2D eigenvalue weighted by atomic mass is 16.5. The molecule has 1 unspecified atom stereocenters. The van der Waals surface area contributed by atoms with Crippen LogP contribution in [0.25, 0.3) is 0 Å². The number of furan rings is 1. The first-order valence-corrected chi connectivity index (χ1v) is 9.70. The van der Waals surface area contributed by atoms with Gasteiger partial charge in [-0.05, 0) is 43.4 Å². The molecule has 1 heterocycles. The number of rotatable bonds is 8. The first kappa shape index (κ1) is 21.1. The summed E-state index contributed by atoms with van der Waals surface area (Å²) in [6, 6.07) is 21.4. The molecule has 0 aliphatic carbocycles. The lowest BCUT2D eigenvalue weighted by atomic mass is 10.1. The number of amides is 2. The molecular weight excluding hydrogens is 382 g/mol. The Kier molecular flexibility index (Phi) is 7.24. The maximum Gasteiger partial charge on any atom is 0.305 e. The van der Waals surface area contributed by atoms with Crippen LogP contribution in [0.3, 0.4) is 0 Å². The van der Waals surface area contributed by atoms with E-state index in [4.69, 9.17) is 9.15 Å². The smallest absolute Gasteiger partial charge is 0.305 e. The summed E-state index contributed by atoms with van der Waals surface area (Å²) in [4.78, 5) is 27.0. The molecule has 0 saturated carbocycles. The summed E-state index contributed by atoms with van der Waals surface area (Å²) < 4.78 is 11.1. The molecule has 0 fully saturated rings. The number of carbonyl (C=O) groups excluding carboxylic acids is 2. The molecule has 0 radical (unpaired) electrons. The van der Waals surface area contributed by atoms with Crippen molar-refractivity contribution >= 4 is 11.8 Å². The summed E-state index contributed by atoms with van der Waals surface area (Å²) in [5.41, 5.74) is 5.75. The maximum atomic E-state index is 12.7. The Labute approximate surface area is 175 Å². The molecule has 2 amide bonds. The molecule has 0 aliphatic heterocycles. The zero-order valence-corrected chi connectivity index (χ0v) is 17.0. The van der Waals surface area contributed by atoms with Gasteiger partial charge in [0.25, 0.3) is 5.91 Å².